The number of aryl methyl sites for hydroxylation is 1. The van der Waals surface area contributed by atoms with Gasteiger partial charge in [-0.05, 0) is 43.3 Å². The zero-order chi connectivity index (χ0) is 20.9. The van der Waals surface area contributed by atoms with Crippen LogP contribution in [0.15, 0.2) is 72.8 Å². The number of hydrogen-bond donors (Lipinski definition) is 1. The Bertz CT molecular complexity index is 1050. The maximum Gasteiger partial charge on any atom is 0.265 e. The monoisotopic (exact) mass is 402 g/mol. The Balaban J connectivity index is 1.43. The largest absolute Gasteiger partial charge is 0.492 e. The van der Waals surface area contributed by atoms with Crippen molar-refractivity contribution in [3.8, 4) is 11.5 Å². The smallest absolute Gasteiger partial charge is 0.265 e. The molecule has 1 aliphatic rings. The van der Waals surface area contributed by atoms with E-state index in [1.807, 2.05) is 49.4 Å². The van der Waals surface area contributed by atoms with Crippen molar-refractivity contribution in [3.63, 3.8) is 0 Å². The Hall–Kier alpha value is -3.80. The zero-order valence-electron chi connectivity index (χ0n) is 16.6. The Labute approximate surface area is 175 Å². The van der Waals surface area contributed by atoms with Gasteiger partial charge in [0.1, 0.15) is 18.1 Å². The maximum absolute atomic E-state index is 12.4. The average Bonchev–Trinajstić information content (AvgIpc) is 2.77. The van der Waals surface area contributed by atoms with E-state index in [4.69, 9.17) is 9.47 Å². The standard InChI is InChI=1S/C24H22N2O4/c1-17-7-10-20(11-8-17)29-14-13-26-21-12-9-19(15-22(21)30-16-23(26)27)25-24(28)18-5-3-2-4-6-18/h2-12,15H,13-14,16H2,1H3,(H,25,28). The lowest BCUT2D eigenvalue weighted by Crippen LogP contribution is -2.41. The van der Waals surface area contributed by atoms with E-state index in [2.05, 4.69) is 5.32 Å². The molecule has 0 fully saturated rings. The van der Waals surface area contributed by atoms with Crippen molar-refractivity contribution in [3.05, 3.63) is 83.9 Å². The third-order valence-electron chi connectivity index (χ3n) is 4.80. The molecule has 0 aliphatic carbocycles. The van der Waals surface area contributed by atoms with Gasteiger partial charge in [0, 0.05) is 17.3 Å². The molecule has 2 amide bonds. The number of benzene rings is 3. The summed E-state index contributed by atoms with van der Waals surface area (Å²) in [5, 5.41) is 2.86. The Morgan fingerprint density at radius 1 is 1.07 bits per heavy atom. The van der Waals surface area contributed by atoms with Crippen LogP contribution in [0.2, 0.25) is 0 Å². The van der Waals surface area contributed by atoms with E-state index >= 15 is 0 Å². The van der Waals surface area contributed by atoms with Crippen LogP contribution in [-0.2, 0) is 4.79 Å². The third kappa shape index (κ3) is 4.43. The van der Waals surface area contributed by atoms with Crippen molar-refractivity contribution in [1.82, 2.24) is 0 Å². The van der Waals surface area contributed by atoms with E-state index in [-0.39, 0.29) is 18.4 Å². The van der Waals surface area contributed by atoms with Crippen molar-refractivity contribution in [2.24, 2.45) is 0 Å². The average molecular weight is 402 g/mol. The minimum atomic E-state index is -0.203. The number of hydrogen-bond acceptors (Lipinski definition) is 4. The second kappa shape index (κ2) is 8.69. The number of anilines is 2. The van der Waals surface area contributed by atoms with Crippen LogP contribution in [0.25, 0.3) is 0 Å². The molecule has 0 saturated heterocycles. The Kier molecular flexibility index (Phi) is 5.66. The summed E-state index contributed by atoms with van der Waals surface area (Å²) >= 11 is 0. The molecule has 0 spiro atoms. The molecular weight excluding hydrogens is 380 g/mol. The molecule has 3 aromatic rings. The van der Waals surface area contributed by atoms with Gasteiger partial charge in [-0.2, -0.15) is 0 Å². The number of amides is 2. The van der Waals surface area contributed by atoms with Gasteiger partial charge in [0.15, 0.2) is 6.61 Å². The molecule has 1 heterocycles. The Morgan fingerprint density at radius 3 is 2.60 bits per heavy atom. The van der Waals surface area contributed by atoms with Gasteiger partial charge in [-0.3, -0.25) is 9.59 Å². The van der Waals surface area contributed by atoms with Gasteiger partial charge in [-0.15, -0.1) is 0 Å². The fourth-order valence-electron chi connectivity index (χ4n) is 3.21. The van der Waals surface area contributed by atoms with E-state index in [1.165, 1.54) is 0 Å². The van der Waals surface area contributed by atoms with Crippen LogP contribution in [0.3, 0.4) is 0 Å². The SMILES string of the molecule is Cc1ccc(OCCN2C(=O)COc3cc(NC(=O)c4ccccc4)ccc32)cc1. The van der Waals surface area contributed by atoms with E-state index in [0.717, 1.165) is 11.3 Å². The second-order valence-corrected chi connectivity index (χ2v) is 7.00. The van der Waals surface area contributed by atoms with Crippen LogP contribution in [0, 0.1) is 6.92 Å². The number of fused-ring (bicyclic) bond motifs is 1. The first-order valence-electron chi connectivity index (χ1n) is 9.73. The molecule has 6 heteroatoms. The summed E-state index contributed by atoms with van der Waals surface area (Å²) in [5.41, 5.74) is 3.00. The van der Waals surface area contributed by atoms with Crippen molar-refractivity contribution < 1.29 is 19.1 Å². The summed E-state index contributed by atoms with van der Waals surface area (Å²) in [6, 6.07) is 22.0. The minimum Gasteiger partial charge on any atom is -0.492 e. The number of nitrogens with zero attached hydrogens (tertiary/aromatic N) is 1. The normalized spacial score (nSPS) is 12.7. The van der Waals surface area contributed by atoms with Gasteiger partial charge in [0.2, 0.25) is 0 Å². The quantitative estimate of drug-likeness (QED) is 0.675. The lowest BCUT2D eigenvalue weighted by molar-refractivity contribution is -0.121. The predicted molar refractivity (Wildman–Crippen MR) is 115 cm³/mol. The van der Waals surface area contributed by atoms with Crippen molar-refractivity contribution in [2.75, 3.05) is 30.0 Å². The summed E-state index contributed by atoms with van der Waals surface area (Å²) in [7, 11) is 0. The number of rotatable bonds is 6. The molecule has 1 aliphatic heterocycles. The molecule has 6 nitrogen and oxygen atoms in total. The van der Waals surface area contributed by atoms with Crippen molar-refractivity contribution in [1.29, 1.82) is 0 Å². The number of carbonyl (C=O) groups excluding carboxylic acids is 2. The van der Waals surface area contributed by atoms with Crippen LogP contribution in [0.5, 0.6) is 11.5 Å². The molecule has 152 valence electrons. The number of ether oxygens (including phenoxy) is 2. The van der Waals surface area contributed by atoms with E-state index in [1.54, 1.807) is 35.2 Å². The molecule has 30 heavy (non-hydrogen) atoms. The summed E-state index contributed by atoms with van der Waals surface area (Å²) in [5.74, 6) is 0.984. The summed E-state index contributed by atoms with van der Waals surface area (Å²) in [6.45, 7) is 2.73. The van der Waals surface area contributed by atoms with E-state index < -0.39 is 0 Å². The maximum atomic E-state index is 12.4. The lowest BCUT2D eigenvalue weighted by atomic mass is 10.2. The van der Waals surface area contributed by atoms with E-state index in [0.29, 0.717) is 35.8 Å². The summed E-state index contributed by atoms with van der Waals surface area (Å²) in [4.78, 5) is 26.4. The predicted octanol–water partition coefficient (Wildman–Crippen LogP) is 4.05. The van der Waals surface area contributed by atoms with E-state index in [9.17, 15) is 9.59 Å². The first-order chi connectivity index (χ1) is 14.6. The topological polar surface area (TPSA) is 67.9 Å². The van der Waals surface area contributed by atoms with Gasteiger partial charge >= 0.3 is 0 Å². The molecule has 1 N–H and O–H groups in total. The van der Waals surface area contributed by atoms with Gasteiger partial charge in [-0.25, -0.2) is 0 Å². The molecule has 0 atom stereocenters. The molecule has 0 unspecified atom stereocenters. The highest BCUT2D eigenvalue weighted by molar-refractivity contribution is 6.05. The van der Waals surface area contributed by atoms with Gasteiger partial charge in [0.25, 0.3) is 11.8 Å². The van der Waals surface area contributed by atoms with Crippen LogP contribution in [0.4, 0.5) is 11.4 Å². The fourth-order valence-corrected chi connectivity index (χ4v) is 3.21. The van der Waals surface area contributed by atoms with Crippen LogP contribution in [0.1, 0.15) is 15.9 Å². The highest BCUT2D eigenvalue weighted by Crippen LogP contribution is 2.34. The molecule has 3 aromatic carbocycles. The first-order valence-corrected chi connectivity index (χ1v) is 9.73. The lowest BCUT2D eigenvalue weighted by Gasteiger charge is -2.29. The minimum absolute atomic E-state index is 0.0480. The number of nitrogens with one attached hydrogen (secondary N) is 1. The molecule has 0 aromatic heterocycles. The van der Waals surface area contributed by atoms with Gasteiger partial charge in [-0.1, -0.05) is 35.9 Å². The zero-order valence-corrected chi connectivity index (χ0v) is 16.6. The highest BCUT2D eigenvalue weighted by Gasteiger charge is 2.25. The van der Waals surface area contributed by atoms with Crippen molar-refractivity contribution in [2.45, 2.75) is 6.92 Å². The van der Waals surface area contributed by atoms with Gasteiger partial charge < -0.3 is 19.7 Å². The van der Waals surface area contributed by atoms with Crippen LogP contribution >= 0.6 is 0 Å². The molecular formula is C24H22N2O4. The molecule has 0 radical (unpaired) electrons. The first kappa shape index (κ1) is 19.5. The molecule has 0 saturated carbocycles. The second-order valence-electron chi connectivity index (χ2n) is 7.00. The highest BCUT2D eigenvalue weighted by atomic mass is 16.5. The number of carbonyl (C=O) groups is 2. The third-order valence-corrected chi connectivity index (χ3v) is 4.80. The summed E-state index contributed by atoms with van der Waals surface area (Å²) < 4.78 is 11.3. The van der Waals surface area contributed by atoms with Crippen LogP contribution < -0.4 is 19.7 Å². The summed E-state index contributed by atoms with van der Waals surface area (Å²) in [6.07, 6.45) is 0. The van der Waals surface area contributed by atoms with Gasteiger partial charge in [0.05, 0.1) is 12.2 Å². The van der Waals surface area contributed by atoms with Crippen molar-refractivity contribution >= 4 is 23.2 Å². The van der Waals surface area contributed by atoms with Crippen LogP contribution in [-0.4, -0.2) is 31.6 Å². The fraction of sp³-hybridized carbons (Fsp3) is 0.167. The Morgan fingerprint density at radius 2 is 1.83 bits per heavy atom. The molecule has 0 bridgehead atoms. The molecule has 4 rings (SSSR count).